The number of esters is 2. The van der Waals surface area contributed by atoms with Gasteiger partial charge in [-0.25, -0.2) is 14.0 Å². The van der Waals surface area contributed by atoms with Crippen LogP contribution in [0.4, 0.5) is 23.2 Å². The molecule has 1 N–H and O–H groups in total. The lowest BCUT2D eigenvalue weighted by Gasteiger charge is -2.12. The third kappa shape index (κ3) is 6.24. The van der Waals surface area contributed by atoms with Crippen molar-refractivity contribution in [1.82, 2.24) is 0 Å². The van der Waals surface area contributed by atoms with Gasteiger partial charge in [-0.15, -0.1) is 13.2 Å². The van der Waals surface area contributed by atoms with Crippen LogP contribution in [0.5, 0.6) is 5.75 Å². The molecule has 10 heteroatoms. The minimum absolute atomic E-state index is 0.273. The minimum Gasteiger partial charge on any atom is -0.466 e. The molecule has 1 aromatic rings. The zero-order valence-electron chi connectivity index (χ0n) is 11.9. The van der Waals surface area contributed by atoms with Crippen LogP contribution in [0.1, 0.15) is 0 Å². The second-order valence-corrected chi connectivity index (χ2v) is 3.92. The standard InChI is InChI=1S/C13H11F4NO5/c1-21-11(19)6-10(12(20)22-2)18-8-3-7(14)4-9(5-8)23-13(15,16)17/h3-6,18H,1-2H3/b10-6+. The van der Waals surface area contributed by atoms with Crippen LogP contribution in [0.25, 0.3) is 0 Å². The highest BCUT2D eigenvalue weighted by Gasteiger charge is 2.31. The smallest absolute Gasteiger partial charge is 0.466 e. The number of carbonyl (C=O) groups is 2. The van der Waals surface area contributed by atoms with Gasteiger partial charge in [-0.2, -0.15) is 0 Å². The summed E-state index contributed by atoms with van der Waals surface area (Å²) in [5.74, 6) is -3.85. The van der Waals surface area contributed by atoms with Crippen molar-refractivity contribution in [3.05, 3.63) is 35.8 Å². The van der Waals surface area contributed by atoms with Crippen molar-refractivity contribution in [3.63, 3.8) is 0 Å². The van der Waals surface area contributed by atoms with Crippen LogP contribution in [-0.4, -0.2) is 32.5 Å². The van der Waals surface area contributed by atoms with E-state index in [1.54, 1.807) is 0 Å². The Hall–Kier alpha value is -2.78. The van der Waals surface area contributed by atoms with Crippen LogP contribution in [0.2, 0.25) is 0 Å². The van der Waals surface area contributed by atoms with E-state index in [4.69, 9.17) is 0 Å². The van der Waals surface area contributed by atoms with Crippen LogP contribution in [0, 0.1) is 5.82 Å². The zero-order valence-corrected chi connectivity index (χ0v) is 11.9. The van der Waals surface area contributed by atoms with E-state index in [1.165, 1.54) is 0 Å². The van der Waals surface area contributed by atoms with Gasteiger partial charge in [0.2, 0.25) is 0 Å². The molecule has 0 amide bonds. The van der Waals surface area contributed by atoms with Crippen molar-refractivity contribution in [1.29, 1.82) is 0 Å². The van der Waals surface area contributed by atoms with Gasteiger partial charge in [0.15, 0.2) is 0 Å². The number of hydrogen-bond acceptors (Lipinski definition) is 6. The Morgan fingerprint density at radius 2 is 1.78 bits per heavy atom. The Morgan fingerprint density at radius 1 is 1.13 bits per heavy atom. The SMILES string of the molecule is COC(=O)/C=C(/Nc1cc(F)cc(OC(F)(F)F)c1)C(=O)OC. The molecule has 0 saturated carbocycles. The number of hydrogen-bond donors (Lipinski definition) is 1. The Morgan fingerprint density at radius 3 is 2.30 bits per heavy atom. The Labute approximate surface area is 127 Å². The fourth-order valence-corrected chi connectivity index (χ4v) is 1.42. The predicted molar refractivity (Wildman–Crippen MR) is 68.8 cm³/mol. The maximum atomic E-state index is 13.4. The normalized spacial score (nSPS) is 11.7. The maximum absolute atomic E-state index is 13.4. The van der Waals surface area contributed by atoms with Crippen molar-refractivity contribution in [2.24, 2.45) is 0 Å². The van der Waals surface area contributed by atoms with E-state index in [-0.39, 0.29) is 5.69 Å². The van der Waals surface area contributed by atoms with E-state index in [1.807, 2.05) is 0 Å². The van der Waals surface area contributed by atoms with Crippen molar-refractivity contribution < 1.29 is 41.4 Å². The number of carbonyl (C=O) groups excluding carboxylic acids is 2. The number of rotatable bonds is 5. The van der Waals surface area contributed by atoms with Crippen LogP contribution in [0.3, 0.4) is 0 Å². The Bertz CT molecular complexity index is 627. The van der Waals surface area contributed by atoms with Gasteiger partial charge in [0.1, 0.15) is 17.3 Å². The molecular weight excluding hydrogens is 326 g/mol. The van der Waals surface area contributed by atoms with Crippen LogP contribution in [-0.2, 0) is 19.1 Å². The number of anilines is 1. The molecule has 0 atom stereocenters. The summed E-state index contributed by atoms with van der Waals surface area (Å²) in [7, 11) is 2.06. The van der Waals surface area contributed by atoms with E-state index >= 15 is 0 Å². The first-order chi connectivity index (χ1) is 10.6. The first-order valence-electron chi connectivity index (χ1n) is 5.86. The quantitative estimate of drug-likeness (QED) is 0.505. The molecule has 0 bridgehead atoms. The molecule has 0 fully saturated rings. The van der Waals surface area contributed by atoms with E-state index in [9.17, 15) is 27.2 Å². The molecule has 6 nitrogen and oxygen atoms in total. The van der Waals surface area contributed by atoms with Crippen LogP contribution < -0.4 is 10.1 Å². The Kier molecular flexibility index (Phi) is 5.94. The highest BCUT2D eigenvalue weighted by molar-refractivity contribution is 5.98. The number of ether oxygens (including phenoxy) is 3. The van der Waals surface area contributed by atoms with Gasteiger partial charge in [0.25, 0.3) is 0 Å². The molecule has 0 aliphatic carbocycles. The van der Waals surface area contributed by atoms with E-state index in [0.29, 0.717) is 12.1 Å². The fraction of sp³-hybridized carbons (Fsp3) is 0.231. The largest absolute Gasteiger partial charge is 0.573 e. The van der Waals surface area contributed by atoms with Crippen molar-refractivity contribution in [2.45, 2.75) is 6.36 Å². The third-order valence-corrected chi connectivity index (χ3v) is 2.25. The van der Waals surface area contributed by atoms with E-state index in [2.05, 4.69) is 19.5 Å². The van der Waals surface area contributed by atoms with Crippen molar-refractivity contribution in [3.8, 4) is 5.75 Å². The number of halogens is 4. The first-order valence-corrected chi connectivity index (χ1v) is 5.86. The number of nitrogens with one attached hydrogen (secondary N) is 1. The summed E-state index contributed by atoms with van der Waals surface area (Å²) in [5, 5.41) is 2.26. The van der Waals surface area contributed by atoms with Crippen LogP contribution >= 0.6 is 0 Å². The van der Waals surface area contributed by atoms with Gasteiger partial charge in [0, 0.05) is 17.8 Å². The molecule has 0 unspecified atom stereocenters. The summed E-state index contributed by atoms with van der Waals surface area (Å²) in [5.41, 5.74) is -0.743. The second kappa shape index (κ2) is 7.47. The van der Waals surface area contributed by atoms with Crippen molar-refractivity contribution in [2.75, 3.05) is 19.5 Å². The number of alkyl halides is 3. The lowest BCUT2D eigenvalue weighted by atomic mass is 10.2. The molecule has 0 aliphatic heterocycles. The summed E-state index contributed by atoms with van der Waals surface area (Å²) < 4.78 is 62.1. The Balaban J connectivity index is 3.11. The summed E-state index contributed by atoms with van der Waals surface area (Å²) in [6.07, 6.45) is -4.32. The lowest BCUT2D eigenvalue weighted by Crippen LogP contribution is -2.18. The van der Waals surface area contributed by atoms with E-state index in [0.717, 1.165) is 26.4 Å². The topological polar surface area (TPSA) is 73.9 Å². The second-order valence-electron chi connectivity index (χ2n) is 3.92. The minimum atomic E-state index is -5.02. The molecule has 126 valence electrons. The molecule has 0 aliphatic rings. The van der Waals surface area contributed by atoms with E-state index < -0.39 is 35.6 Å². The van der Waals surface area contributed by atoms with Gasteiger partial charge >= 0.3 is 18.3 Å². The summed E-state index contributed by atoms with van der Waals surface area (Å²) >= 11 is 0. The highest BCUT2D eigenvalue weighted by atomic mass is 19.4. The fourth-order valence-electron chi connectivity index (χ4n) is 1.42. The van der Waals surface area contributed by atoms with Gasteiger partial charge in [0.05, 0.1) is 20.3 Å². The maximum Gasteiger partial charge on any atom is 0.573 e. The molecule has 0 aromatic heterocycles. The lowest BCUT2D eigenvalue weighted by molar-refractivity contribution is -0.274. The monoisotopic (exact) mass is 337 g/mol. The zero-order chi connectivity index (χ0) is 17.6. The molecule has 23 heavy (non-hydrogen) atoms. The molecule has 0 spiro atoms. The van der Waals surface area contributed by atoms with Crippen molar-refractivity contribution >= 4 is 17.6 Å². The summed E-state index contributed by atoms with van der Waals surface area (Å²) in [4.78, 5) is 22.7. The highest BCUT2D eigenvalue weighted by Crippen LogP contribution is 2.27. The molecule has 1 rings (SSSR count). The molecule has 0 radical (unpaired) electrons. The average molecular weight is 337 g/mol. The van der Waals surface area contributed by atoms with Gasteiger partial charge in [-0.05, 0) is 6.07 Å². The molecular formula is C13H11F4NO5. The number of methoxy groups -OCH3 is 2. The average Bonchev–Trinajstić information content (AvgIpc) is 2.42. The predicted octanol–water partition coefficient (Wildman–Crippen LogP) is 2.37. The summed E-state index contributed by atoms with van der Waals surface area (Å²) in [6, 6.07) is 2.07. The summed E-state index contributed by atoms with van der Waals surface area (Å²) in [6.45, 7) is 0. The first kappa shape index (κ1) is 18.3. The van der Waals surface area contributed by atoms with Gasteiger partial charge in [-0.1, -0.05) is 0 Å². The van der Waals surface area contributed by atoms with Gasteiger partial charge in [-0.3, -0.25) is 0 Å². The van der Waals surface area contributed by atoms with Gasteiger partial charge < -0.3 is 19.5 Å². The molecule has 0 heterocycles. The third-order valence-electron chi connectivity index (χ3n) is 2.25. The molecule has 1 aromatic carbocycles. The molecule has 0 saturated heterocycles. The van der Waals surface area contributed by atoms with Crippen LogP contribution in [0.15, 0.2) is 30.0 Å². The number of benzene rings is 1.